The van der Waals surface area contributed by atoms with Gasteiger partial charge in [-0.1, -0.05) is 0 Å². The first-order chi connectivity index (χ1) is 9.81. The van der Waals surface area contributed by atoms with Crippen molar-refractivity contribution in [2.24, 2.45) is 11.7 Å². The van der Waals surface area contributed by atoms with E-state index in [4.69, 9.17) is 5.73 Å². The molecule has 5 nitrogen and oxygen atoms in total. The number of nitrogens with zero attached hydrogens (tertiary/aromatic N) is 2. The van der Waals surface area contributed by atoms with E-state index in [0.29, 0.717) is 13.1 Å². The summed E-state index contributed by atoms with van der Waals surface area (Å²) in [5, 5.41) is 0. The van der Waals surface area contributed by atoms with E-state index in [0.717, 1.165) is 24.2 Å². The van der Waals surface area contributed by atoms with Crippen LogP contribution in [0.1, 0.15) is 25.7 Å². The highest BCUT2D eigenvalue weighted by molar-refractivity contribution is 5.89. The predicted octanol–water partition coefficient (Wildman–Crippen LogP) is 0.737. The molecule has 0 spiro atoms. The van der Waals surface area contributed by atoms with Crippen molar-refractivity contribution in [2.75, 3.05) is 26.2 Å². The summed E-state index contributed by atoms with van der Waals surface area (Å²) in [6.07, 6.45) is -1.89. The molecule has 0 aromatic carbocycles. The lowest BCUT2D eigenvalue weighted by Crippen LogP contribution is -2.50. The number of piperidine rings is 1. The van der Waals surface area contributed by atoms with Crippen LogP contribution in [0.15, 0.2) is 0 Å². The fourth-order valence-electron chi connectivity index (χ4n) is 3.08. The Morgan fingerprint density at radius 1 is 1.33 bits per heavy atom. The minimum atomic E-state index is -4.43. The Hall–Kier alpha value is -1.31. The maximum Gasteiger partial charge on any atom is 0.406 e. The Kier molecular flexibility index (Phi) is 4.75. The van der Waals surface area contributed by atoms with Crippen LogP contribution in [-0.4, -0.2) is 60.0 Å². The van der Waals surface area contributed by atoms with Crippen LogP contribution in [-0.2, 0) is 9.59 Å². The fourth-order valence-corrected chi connectivity index (χ4v) is 3.08. The number of halogens is 3. The van der Waals surface area contributed by atoms with Gasteiger partial charge < -0.3 is 15.5 Å². The summed E-state index contributed by atoms with van der Waals surface area (Å²) >= 11 is 0. The number of alkyl halides is 3. The number of hydrogen-bond acceptors (Lipinski definition) is 3. The van der Waals surface area contributed by atoms with Crippen molar-refractivity contribution < 1.29 is 22.8 Å². The molecule has 0 aromatic rings. The van der Waals surface area contributed by atoms with E-state index < -0.39 is 24.5 Å². The lowest BCUT2D eigenvalue weighted by atomic mass is 9.98. The van der Waals surface area contributed by atoms with Gasteiger partial charge in [-0.15, -0.1) is 0 Å². The van der Waals surface area contributed by atoms with E-state index in [9.17, 15) is 22.8 Å². The molecule has 2 atom stereocenters. The maximum atomic E-state index is 12.4. The number of carbonyl (C=O) groups excluding carboxylic acids is 2. The summed E-state index contributed by atoms with van der Waals surface area (Å²) in [5.41, 5.74) is 5.65. The molecule has 2 N–H and O–H groups in total. The minimum Gasteiger partial charge on any atom is -0.338 e. The van der Waals surface area contributed by atoms with Crippen molar-refractivity contribution in [1.29, 1.82) is 0 Å². The zero-order valence-electron chi connectivity index (χ0n) is 11.7. The smallest absolute Gasteiger partial charge is 0.338 e. The third-order valence-corrected chi connectivity index (χ3v) is 4.12. The van der Waals surface area contributed by atoms with Crippen LogP contribution in [0.2, 0.25) is 0 Å². The average molecular weight is 307 g/mol. The Balaban J connectivity index is 1.99. The van der Waals surface area contributed by atoms with Gasteiger partial charge in [-0.3, -0.25) is 9.59 Å². The predicted molar refractivity (Wildman–Crippen MR) is 69.1 cm³/mol. The molecule has 2 aliphatic heterocycles. The first-order valence-electron chi connectivity index (χ1n) is 7.17. The number of rotatable bonds is 3. The Morgan fingerprint density at radius 3 is 2.67 bits per heavy atom. The zero-order valence-corrected chi connectivity index (χ0v) is 11.7. The maximum absolute atomic E-state index is 12.4. The molecule has 21 heavy (non-hydrogen) atoms. The number of nitrogens with two attached hydrogens (primary N) is 1. The molecule has 0 bridgehead atoms. The Labute approximate surface area is 121 Å². The van der Waals surface area contributed by atoms with Gasteiger partial charge in [-0.2, -0.15) is 13.2 Å². The SMILES string of the molecule is NC[C@H]1CCCCN1C(=O)[C@@H]1CC(=O)N(CC(F)(F)F)C1. The van der Waals surface area contributed by atoms with E-state index >= 15 is 0 Å². The largest absolute Gasteiger partial charge is 0.406 e. The van der Waals surface area contributed by atoms with E-state index in [2.05, 4.69) is 0 Å². The van der Waals surface area contributed by atoms with Crippen molar-refractivity contribution in [2.45, 2.75) is 37.9 Å². The molecular weight excluding hydrogens is 287 g/mol. The van der Waals surface area contributed by atoms with Crippen LogP contribution < -0.4 is 5.73 Å². The zero-order chi connectivity index (χ0) is 15.6. The number of hydrogen-bond donors (Lipinski definition) is 1. The second-order valence-corrected chi connectivity index (χ2v) is 5.71. The number of amides is 2. The topological polar surface area (TPSA) is 66.6 Å². The van der Waals surface area contributed by atoms with Crippen molar-refractivity contribution in [3.8, 4) is 0 Å². The second kappa shape index (κ2) is 6.21. The molecule has 0 aliphatic carbocycles. The Bertz CT molecular complexity index is 414. The third-order valence-electron chi connectivity index (χ3n) is 4.12. The quantitative estimate of drug-likeness (QED) is 0.836. The van der Waals surface area contributed by atoms with Gasteiger partial charge in [0, 0.05) is 32.1 Å². The van der Waals surface area contributed by atoms with Gasteiger partial charge in [-0.25, -0.2) is 0 Å². The van der Waals surface area contributed by atoms with E-state index in [-0.39, 0.29) is 24.9 Å². The molecule has 2 saturated heterocycles. The molecule has 0 radical (unpaired) electrons. The van der Waals surface area contributed by atoms with Crippen LogP contribution in [0.25, 0.3) is 0 Å². The number of likely N-dealkylation sites (tertiary alicyclic amines) is 2. The molecule has 0 aromatic heterocycles. The molecule has 2 amide bonds. The first-order valence-corrected chi connectivity index (χ1v) is 7.17. The van der Waals surface area contributed by atoms with Crippen LogP contribution in [0.5, 0.6) is 0 Å². The molecule has 0 saturated carbocycles. The average Bonchev–Trinajstić information content (AvgIpc) is 2.77. The highest BCUT2D eigenvalue weighted by Crippen LogP contribution is 2.27. The second-order valence-electron chi connectivity index (χ2n) is 5.71. The van der Waals surface area contributed by atoms with Crippen LogP contribution in [0, 0.1) is 5.92 Å². The van der Waals surface area contributed by atoms with Gasteiger partial charge in [0.15, 0.2) is 0 Å². The van der Waals surface area contributed by atoms with Gasteiger partial charge in [0.05, 0.1) is 5.92 Å². The van der Waals surface area contributed by atoms with Crippen LogP contribution >= 0.6 is 0 Å². The highest BCUT2D eigenvalue weighted by Gasteiger charge is 2.42. The van der Waals surface area contributed by atoms with E-state index in [1.165, 1.54) is 0 Å². The lowest BCUT2D eigenvalue weighted by molar-refractivity contribution is -0.157. The van der Waals surface area contributed by atoms with Gasteiger partial charge in [-0.05, 0) is 19.3 Å². The molecule has 8 heteroatoms. The van der Waals surface area contributed by atoms with Gasteiger partial charge >= 0.3 is 6.18 Å². The molecule has 2 fully saturated rings. The van der Waals surface area contributed by atoms with Crippen molar-refractivity contribution in [1.82, 2.24) is 9.80 Å². The summed E-state index contributed by atoms with van der Waals surface area (Å²) in [6.45, 7) is -0.510. The summed E-state index contributed by atoms with van der Waals surface area (Å²) in [6, 6.07) is -0.0574. The van der Waals surface area contributed by atoms with Crippen LogP contribution in [0.4, 0.5) is 13.2 Å². The summed E-state index contributed by atoms with van der Waals surface area (Å²) in [5.74, 6) is -1.51. The molecule has 2 rings (SSSR count). The van der Waals surface area contributed by atoms with Crippen molar-refractivity contribution >= 4 is 11.8 Å². The summed E-state index contributed by atoms with van der Waals surface area (Å²) < 4.78 is 37.1. The lowest BCUT2D eigenvalue weighted by Gasteiger charge is -2.36. The molecule has 0 unspecified atom stereocenters. The summed E-state index contributed by atoms with van der Waals surface area (Å²) in [7, 11) is 0. The monoisotopic (exact) mass is 307 g/mol. The van der Waals surface area contributed by atoms with Gasteiger partial charge in [0.25, 0.3) is 0 Å². The van der Waals surface area contributed by atoms with Crippen molar-refractivity contribution in [3.05, 3.63) is 0 Å². The molecule has 2 aliphatic rings. The van der Waals surface area contributed by atoms with Crippen LogP contribution in [0.3, 0.4) is 0 Å². The number of carbonyl (C=O) groups is 2. The standard InChI is InChI=1S/C13H20F3N3O2/c14-13(15,16)8-18-7-9(5-11(18)20)12(21)19-4-2-1-3-10(19)6-17/h9-10H,1-8,17H2/t9-,10-/m1/s1. The fraction of sp³-hybridized carbons (Fsp3) is 0.846. The highest BCUT2D eigenvalue weighted by atomic mass is 19.4. The Morgan fingerprint density at radius 2 is 2.05 bits per heavy atom. The normalized spacial score (nSPS) is 27.3. The molecular formula is C13H20F3N3O2. The minimum absolute atomic E-state index is 0.0574. The first kappa shape index (κ1) is 16.1. The van der Waals surface area contributed by atoms with E-state index in [1.807, 2.05) is 0 Å². The third kappa shape index (κ3) is 3.87. The molecule has 120 valence electrons. The van der Waals surface area contributed by atoms with Crippen molar-refractivity contribution in [3.63, 3.8) is 0 Å². The van der Waals surface area contributed by atoms with Gasteiger partial charge in [0.1, 0.15) is 6.54 Å². The molecule has 2 heterocycles. The van der Waals surface area contributed by atoms with E-state index in [1.54, 1.807) is 4.90 Å². The summed E-state index contributed by atoms with van der Waals surface area (Å²) in [4.78, 5) is 26.4. The van der Waals surface area contributed by atoms with Gasteiger partial charge in [0.2, 0.25) is 11.8 Å².